The molecule has 120 valence electrons. The standard InChI is InChI=1S/C13H14Cl2N2O5/c1-22-12(20)7-5-8(14)9(15)6-10(7)17-13(21)16-4-2-3-11(18)19/h5-6H,2-4H2,1H3,(H,18,19)(H2,16,17,21). The summed E-state index contributed by atoms with van der Waals surface area (Å²) in [7, 11) is 1.20. The van der Waals surface area contributed by atoms with Crippen molar-refractivity contribution in [1.82, 2.24) is 5.32 Å². The zero-order valence-electron chi connectivity index (χ0n) is 11.6. The molecule has 0 saturated carbocycles. The Kier molecular flexibility index (Phi) is 6.94. The maximum absolute atomic E-state index is 11.7. The molecule has 22 heavy (non-hydrogen) atoms. The molecule has 0 unspecified atom stereocenters. The lowest BCUT2D eigenvalue weighted by atomic mass is 10.2. The van der Waals surface area contributed by atoms with Crippen LogP contribution in [-0.2, 0) is 9.53 Å². The fourth-order valence-electron chi connectivity index (χ4n) is 1.54. The van der Waals surface area contributed by atoms with Crippen molar-refractivity contribution in [2.24, 2.45) is 0 Å². The van der Waals surface area contributed by atoms with Gasteiger partial charge in [0.1, 0.15) is 0 Å². The van der Waals surface area contributed by atoms with Crippen molar-refractivity contribution in [2.45, 2.75) is 12.8 Å². The van der Waals surface area contributed by atoms with Gasteiger partial charge in [0.25, 0.3) is 0 Å². The van der Waals surface area contributed by atoms with Gasteiger partial charge in [-0.05, 0) is 18.6 Å². The molecule has 0 aromatic heterocycles. The lowest BCUT2D eigenvalue weighted by Gasteiger charge is -2.12. The smallest absolute Gasteiger partial charge is 0.340 e. The highest BCUT2D eigenvalue weighted by molar-refractivity contribution is 6.42. The van der Waals surface area contributed by atoms with Crippen molar-refractivity contribution in [3.05, 3.63) is 27.7 Å². The second-order valence-corrected chi connectivity index (χ2v) is 5.00. The predicted molar refractivity (Wildman–Crippen MR) is 81.7 cm³/mol. The Hall–Kier alpha value is -1.99. The first-order valence-electron chi connectivity index (χ1n) is 6.19. The number of ether oxygens (including phenoxy) is 1. The minimum atomic E-state index is -0.945. The first-order valence-corrected chi connectivity index (χ1v) is 6.94. The van der Waals surface area contributed by atoms with E-state index in [0.717, 1.165) is 0 Å². The van der Waals surface area contributed by atoms with Gasteiger partial charge >= 0.3 is 18.0 Å². The summed E-state index contributed by atoms with van der Waals surface area (Å²) in [5.41, 5.74) is 0.189. The van der Waals surface area contributed by atoms with Gasteiger partial charge in [0.2, 0.25) is 0 Å². The Morgan fingerprint density at radius 2 is 1.86 bits per heavy atom. The van der Waals surface area contributed by atoms with Crippen LogP contribution in [0.4, 0.5) is 10.5 Å². The van der Waals surface area contributed by atoms with Crippen molar-refractivity contribution in [1.29, 1.82) is 0 Å². The SMILES string of the molecule is COC(=O)c1cc(Cl)c(Cl)cc1NC(=O)NCCCC(=O)O. The lowest BCUT2D eigenvalue weighted by molar-refractivity contribution is -0.137. The van der Waals surface area contributed by atoms with E-state index in [0.29, 0.717) is 0 Å². The number of hydrogen-bond donors (Lipinski definition) is 3. The van der Waals surface area contributed by atoms with Crippen LogP contribution in [0.25, 0.3) is 0 Å². The molecule has 0 aliphatic heterocycles. The Labute approximate surface area is 136 Å². The number of hydrogen-bond acceptors (Lipinski definition) is 4. The van der Waals surface area contributed by atoms with E-state index in [1.54, 1.807) is 0 Å². The Morgan fingerprint density at radius 1 is 1.23 bits per heavy atom. The number of urea groups is 1. The molecule has 1 aromatic carbocycles. The summed E-state index contributed by atoms with van der Waals surface area (Å²) in [6, 6.07) is 2.01. The maximum Gasteiger partial charge on any atom is 0.340 e. The Morgan fingerprint density at radius 3 is 2.45 bits per heavy atom. The monoisotopic (exact) mass is 348 g/mol. The van der Waals surface area contributed by atoms with E-state index in [-0.39, 0.29) is 40.7 Å². The van der Waals surface area contributed by atoms with Gasteiger partial charge in [0.05, 0.1) is 28.4 Å². The van der Waals surface area contributed by atoms with E-state index in [2.05, 4.69) is 15.4 Å². The quantitative estimate of drug-likeness (QED) is 0.541. The van der Waals surface area contributed by atoms with Gasteiger partial charge in [-0.1, -0.05) is 23.2 Å². The third-order valence-electron chi connectivity index (χ3n) is 2.57. The van der Waals surface area contributed by atoms with Gasteiger partial charge in [-0.15, -0.1) is 0 Å². The molecule has 1 aromatic rings. The van der Waals surface area contributed by atoms with Gasteiger partial charge in [-0.3, -0.25) is 4.79 Å². The second-order valence-electron chi connectivity index (χ2n) is 4.18. The molecule has 0 heterocycles. The molecule has 0 radical (unpaired) electrons. The van der Waals surface area contributed by atoms with Crippen LogP contribution in [0.3, 0.4) is 0 Å². The first kappa shape index (κ1) is 18.1. The maximum atomic E-state index is 11.7. The number of carbonyl (C=O) groups is 3. The topological polar surface area (TPSA) is 105 Å². The van der Waals surface area contributed by atoms with Crippen LogP contribution < -0.4 is 10.6 Å². The molecule has 7 nitrogen and oxygen atoms in total. The molecule has 2 amide bonds. The van der Waals surface area contributed by atoms with Crippen LogP contribution in [0.2, 0.25) is 10.0 Å². The van der Waals surface area contributed by atoms with Crippen molar-refractivity contribution < 1.29 is 24.2 Å². The van der Waals surface area contributed by atoms with Gasteiger partial charge in [0.15, 0.2) is 0 Å². The number of nitrogens with one attached hydrogen (secondary N) is 2. The van der Waals surface area contributed by atoms with E-state index < -0.39 is 18.0 Å². The van der Waals surface area contributed by atoms with Gasteiger partial charge < -0.3 is 20.5 Å². The summed E-state index contributed by atoms with van der Waals surface area (Å²) in [6.45, 7) is 0.174. The van der Waals surface area contributed by atoms with Crippen LogP contribution in [-0.4, -0.2) is 36.7 Å². The van der Waals surface area contributed by atoms with Crippen molar-refractivity contribution >= 4 is 46.9 Å². The van der Waals surface area contributed by atoms with E-state index in [4.69, 9.17) is 28.3 Å². The molecule has 9 heteroatoms. The average Bonchev–Trinajstić information content (AvgIpc) is 2.46. The zero-order valence-corrected chi connectivity index (χ0v) is 13.1. The number of anilines is 1. The van der Waals surface area contributed by atoms with Crippen molar-refractivity contribution in [2.75, 3.05) is 19.0 Å². The van der Waals surface area contributed by atoms with E-state index >= 15 is 0 Å². The number of rotatable bonds is 6. The summed E-state index contributed by atoms with van der Waals surface area (Å²) >= 11 is 11.7. The van der Waals surface area contributed by atoms with Crippen LogP contribution in [0.15, 0.2) is 12.1 Å². The minimum absolute atomic E-state index is 0.0533. The van der Waals surface area contributed by atoms with E-state index in [1.807, 2.05) is 0 Å². The molecule has 0 fully saturated rings. The largest absolute Gasteiger partial charge is 0.481 e. The molecule has 0 spiro atoms. The Balaban J connectivity index is 2.75. The van der Waals surface area contributed by atoms with E-state index in [9.17, 15) is 14.4 Å². The third-order valence-corrected chi connectivity index (χ3v) is 3.29. The highest BCUT2D eigenvalue weighted by Crippen LogP contribution is 2.29. The van der Waals surface area contributed by atoms with E-state index in [1.165, 1.54) is 19.2 Å². The Bertz CT molecular complexity index is 592. The highest BCUT2D eigenvalue weighted by atomic mass is 35.5. The number of halogens is 2. The summed E-state index contributed by atoms with van der Waals surface area (Å²) in [6.07, 6.45) is 0.231. The molecule has 0 bridgehead atoms. The fourth-order valence-corrected chi connectivity index (χ4v) is 1.86. The molecule has 0 aliphatic carbocycles. The normalized spacial score (nSPS) is 9.95. The van der Waals surface area contributed by atoms with Crippen LogP contribution >= 0.6 is 23.2 Å². The number of benzene rings is 1. The number of amides is 2. The highest BCUT2D eigenvalue weighted by Gasteiger charge is 2.16. The lowest BCUT2D eigenvalue weighted by Crippen LogP contribution is -2.30. The molecule has 0 saturated heterocycles. The summed E-state index contributed by atoms with van der Waals surface area (Å²) < 4.78 is 4.60. The number of methoxy groups -OCH3 is 1. The number of carboxylic acids is 1. The van der Waals surface area contributed by atoms with Crippen LogP contribution in [0, 0.1) is 0 Å². The molecule has 1 rings (SSSR count). The third kappa shape index (κ3) is 5.42. The number of carboxylic acid groups (broad SMARTS) is 1. The average molecular weight is 349 g/mol. The number of aliphatic carboxylic acids is 1. The fraction of sp³-hybridized carbons (Fsp3) is 0.308. The van der Waals surface area contributed by atoms with Crippen molar-refractivity contribution in [3.63, 3.8) is 0 Å². The molecular formula is C13H14Cl2N2O5. The van der Waals surface area contributed by atoms with Gasteiger partial charge in [0, 0.05) is 13.0 Å². The summed E-state index contributed by atoms with van der Waals surface area (Å²) in [4.78, 5) is 33.7. The van der Waals surface area contributed by atoms with Gasteiger partial charge in [-0.25, -0.2) is 9.59 Å². The second kappa shape index (κ2) is 8.45. The first-order chi connectivity index (χ1) is 10.3. The molecule has 3 N–H and O–H groups in total. The van der Waals surface area contributed by atoms with Crippen LogP contribution in [0.1, 0.15) is 23.2 Å². The minimum Gasteiger partial charge on any atom is -0.481 e. The van der Waals surface area contributed by atoms with Crippen LogP contribution in [0.5, 0.6) is 0 Å². The number of esters is 1. The molecule has 0 atom stereocenters. The van der Waals surface area contributed by atoms with Crippen molar-refractivity contribution in [3.8, 4) is 0 Å². The number of carbonyl (C=O) groups excluding carboxylic acids is 2. The predicted octanol–water partition coefficient (Wildman–Crippen LogP) is 2.77. The zero-order chi connectivity index (χ0) is 16.7. The van der Waals surface area contributed by atoms with Gasteiger partial charge in [-0.2, -0.15) is 0 Å². The molecular weight excluding hydrogens is 335 g/mol. The summed E-state index contributed by atoms with van der Waals surface area (Å²) in [5.74, 6) is -1.63. The summed E-state index contributed by atoms with van der Waals surface area (Å²) in [5, 5.41) is 13.7. The molecule has 0 aliphatic rings.